The van der Waals surface area contributed by atoms with Crippen molar-refractivity contribution in [1.82, 2.24) is 14.7 Å². The smallest absolute Gasteiger partial charge is 0.277 e. The topological polar surface area (TPSA) is 73.3 Å². The molecule has 0 spiro atoms. The predicted molar refractivity (Wildman–Crippen MR) is 125 cm³/mol. The maximum absolute atomic E-state index is 13.5. The van der Waals surface area contributed by atoms with Crippen LogP contribution in [0.25, 0.3) is 5.57 Å². The summed E-state index contributed by atoms with van der Waals surface area (Å²) in [6, 6.07) is 6.01. The molecule has 3 rings (SSSR count). The van der Waals surface area contributed by atoms with E-state index in [4.69, 9.17) is 4.74 Å². The molecule has 1 saturated heterocycles. The highest BCUT2D eigenvalue weighted by Crippen LogP contribution is 2.34. The molecular weight excluding hydrogens is 406 g/mol. The molecule has 176 valence electrons. The van der Waals surface area contributed by atoms with Crippen LogP contribution in [0, 0.1) is 13.8 Å². The first-order valence-electron chi connectivity index (χ1n) is 11.8. The molecule has 7 nitrogen and oxygen atoms in total. The molecule has 1 N–H and O–H groups in total. The summed E-state index contributed by atoms with van der Waals surface area (Å²) in [6.45, 7) is 11.4. The Morgan fingerprint density at radius 2 is 1.69 bits per heavy atom. The first-order chi connectivity index (χ1) is 15.5. The third kappa shape index (κ3) is 5.57. The molecular formula is C25H37N3O4. The van der Waals surface area contributed by atoms with E-state index >= 15 is 0 Å². The fraction of sp³-hybridized carbons (Fsp3) is 0.600. The van der Waals surface area contributed by atoms with Crippen LogP contribution in [0.5, 0.6) is 0 Å². The Bertz CT molecular complexity index is 844. The molecule has 0 aromatic heterocycles. The number of aliphatic hydroxyl groups is 1. The number of nitrogens with zero attached hydrogens (tertiary/aromatic N) is 3. The lowest BCUT2D eigenvalue weighted by molar-refractivity contribution is -0.137. The number of piperazine rings is 1. The van der Waals surface area contributed by atoms with Crippen LogP contribution in [-0.2, 0) is 14.3 Å². The Balaban J connectivity index is 1.81. The van der Waals surface area contributed by atoms with Gasteiger partial charge < -0.3 is 14.7 Å². The summed E-state index contributed by atoms with van der Waals surface area (Å²) in [5.74, 6) is -0.405. The molecule has 2 heterocycles. The average molecular weight is 444 g/mol. The maximum atomic E-state index is 13.5. The third-order valence-electron chi connectivity index (χ3n) is 6.21. The standard InChI is InChI=1S/C25H37N3O4/c1-4-5-16-32-17-6-9-28-24(30)22(21-8-7-19(2)18-20(21)3)23(25(28)31)27-12-10-26(11-13-27)14-15-29/h7-8,18,29H,4-6,9-17H2,1-3H3. The number of hydrogen-bond donors (Lipinski definition) is 1. The van der Waals surface area contributed by atoms with Gasteiger partial charge in [-0.05, 0) is 37.8 Å². The van der Waals surface area contributed by atoms with Gasteiger partial charge in [-0.15, -0.1) is 0 Å². The second-order valence-electron chi connectivity index (χ2n) is 8.68. The van der Waals surface area contributed by atoms with Crippen LogP contribution in [0.4, 0.5) is 0 Å². The fourth-order valence-corrected chi connectivity index (χ4v) is 4.41. The van der Waals surface area contributed by atoms with Gasteiger partial charge in [-0.1, -0.05) is 37.1 Å². The summed E-state index contributed by atoms with van der Waals surface area (Å²) in [5, 5.41) is 9.22. The Hall–Kier alpha value is -2.22. The Labute approximate surface area is 191 Å². The number of carbonyl (C=O) groups is 2. The van der Waals surface area contributed by atoms with Gasteiger partial charge >= 0.3 is 0 Å². The second-order valence-corrected chi connectivity index (χ2v) is 8.68. The quantitative estimate of drug-likeness (QED) is 0.418. The summed E-state index contributed by atoms with van der Waals surface area (Å²) in [7, 11) is 0. The monoisotopic (exact) mass is 443 g/mol. The lowest BCUT2D eigenvalue weighted by Gasteiger charge is -2.36. The van der Waals surface area contributed by atoms with Gasteiger partial charge in [-0.2, -0.15) is 0 Å². The number of imide groups is 1. The van der Waals surface area contributed by atoms with Gasteiger partial charge in [-0.25, -0.2) is 0 Å². The number of β-amino-alcohol motifs (C(OH)–C–C–N with tert-alkyl or cyclic N) is 1. The van der Waals surface area contributed by atoms with Crippen molar-refractivity contribution in [3.8, 4) is 0 Å². The maximum Gasteiger partial charge on any atom is 0.277 e. The zero-order chi connectivity index (χ0) is 23.1. The molecule has 0 saturated carbocycles. The minimum absolute atomic E-state index is 0.127. The van der Waals surface area contributed by atoms with Crippen LogP contribution < -0.4 is 0 Å². The van der Waals surface area contributed by atoms with Crippen molar-refractivity contribution in [2.45, 2.75) is 40.0 Å². The fourth-order valence-electron chi connectivity index (χ4n) is 4.41. The van der Waals surface area contributed by atoms with Gasteiger partial charge in [-0.3, -0.25) is 19.4 Å². The molecule has 1 aromatic carbocycles. The predicted octanol–water partition coefficient (Wildman–Crippen LogP) is 2.20. The second kappa shape index (κ2) is 11.6. The number of aliphatic hydroxyl groups excluding tert-OH is 1. The minimum atomic E-state index is -0.205. The van der Waals surface area contributed by atoms with E-state index in [2.05, 4.69) is 22.8 Å². The first kappa shape index (κ1) is 24.4. The van der Waals surface area contributed by atoms with Crippen LogP contribution in [-0.4, -0.2) is 90.7 Å². The highest BCUT2D eigenvalue weighted by atomic mass is 16.5. The summed E-state index contributed by atoms with van der Waals surface area (Å²) in [5.41, 5.74) is 4.02. The van der Waals surface area contributed by atoms with Gasteiger partial charge in [0, 0.05) is 52.5 Å². The number of hydrogen-bond acceptors (Lipinski definition) is 6. The summed E-state index contributed by atoms with van der Waals surface area (Å²) < 4.78 is 5.63. The van der Waals surface area contributed by atoms with Crippen LogP contribution in [0.15, 0.2) is 23.9 Å². The summed E-state index contributed by atoms with van der Waals surface area (Å²) in [6.07, 6.45) is 2.74. The lowest BCUT2D eigenvalue weighted by atomic mass is 9.97. The Morgan fingerprint density at radius 1 is 0.969 bits per heavy atom. The number of unbranched alkanes of at least 4 members (excludes halogenated alkanes) is 1. The van der Waals surface area contributed by atoms with Crippen molar-refractivity contribution in [2.75, 3.05) is 59.1 Å². The molecule has 1 fully saturated rings. The van der Waals surface area contributed by atoms with E-state index in [1.807, 2.05) is 26.0 Å². The molecule has 0 radical (unpaired) electrons. The Kier molecular flexibility index (Phi) is 8.84. The Morgan fingerprint density at radius 3 is 2.34 bits per heavy atom. The van der Waals surface area contributed by atoms with Gasteiger partial charge in [0.15, 0.2) is 0 Å². The molecule has 2 amide bonds. The SMILES string of the molecule is CCCCOCCCN1C(=O)C(c2ccc(C)cc2C)=C(N2CCN(CCO)CC2)C1=O. The zero-order valence-corrected chi connectivity index (χ0v) is 19.7. The number of amides is 2. The zero-order valence-electron chi connectivity index (χ0n) is 19.7. The van der Waals surface area contributed by atoms with E-state index in [-0.39, 0.29) is 18.4 Å². The highest BCUT2D eigenvalue weighted by molar-refractivity contribution is 6.35. The van der Waals surface area contributed by atoms with Crippen molar-refractivity contribution in [3.63, 3.8) is 0 Å². The number of rotatable bonds is 11. The van der Waals surface area contributed by atoms with E-state index < -0.39 is 0 Å². The van der Waals surface area contributed by atoms with E-state index in [1.165, 1.54) is 4.90 Å². The molecule has 7 heteroatoms. The molecule has 32 heavy (non-hydrogen) atoms. The van der Waals surface area contributed by atoms with E-state index in [0.717, 1.165) is 42.6 Å². The highest BCUT2D eigenvalue weighted by Gasteiger charge is 2.42. The van der Waals surface area contributed by atoms with Gasteiger partial charge in [0.2, 0.25) is 0 Å². The number of benzene rings is 1. The molecule has 2 aliphatic heterocycles. The average Bonchev–Trinajstić information content (AvgIpc) is 3.01. The van der Waals surface area contributed by atoms with Crippen LogP contribution in [0.1, 0.15) is 42.9 Å². The first-order valence-corrected chi connectivity index (χ1v) is 11.8. The summed E-state index contributed by atoms with van der Waals surface area (Å²) >= 11 is 0. The van der Waals surface area contributed by atoms with Crippen LogP contribution in [0.3, 0.4) is 0 Å². The van der Waals surface area contributed by atoms with Crippen molar-refractivity contribution < 1.29 is 19.4 Å². The van der Waals surface area contributed by atoms with E-state index in [1.54, 1.807) is 0 Å². The largest absolute Gasteiger partial charge is 0.395 e. The normalized spacial score (nSPS) is 17.8. The van der Waals surface area contributed by atoms with Crippen LogP contribution >= 0.6 is 0 Å². The number of ether oxygens (including phenoxy) is 1. The van der Waals surface area contributed by atoms with Crippen LogP contribution in [0.2, 0.25) is 0 Å². The summed E-state index contributed by atoms with van der Waals surface area (Å²) in [4.78, 5) is 32.6. The molecule has 1 aromatic rings. The number of carbonyl (C=O) groups excluding carboxylic acids is 2. The van der Waals surface area contributed by atoms with Crippen molar-refractivity contribution in [2.24, 2.45) is 0 Å². The third-order valence-corrected chi connectivity index (χ3v) is 6.21. The van der Waals surface area contributed by atoms with Gasteiger partial charge in [0.1, 0.15) is 5.70 Å². The van der Waals surface area contributed by atoms with E-state index in [9.17, 15) is 14.7 Å². The van der Waals surface area contributed by atoms with Gasteiger partial charge in [0.25, 0.3) is 11.8 Å². The van der Waals surface area contributed by atoms with Crippen molar-refractivity contribution in [1.29, 1.82) is 0 Å². The molecule has 0 aliphatic carbocycles. The molecule has 2 aliphatic rings. The molecule has 0 atom stereocenters. The van der Waals surface area contributed by atoms with Crippen molar-refractivity contribution >= 4 is 17.4 Å². The lowest BCUT2D eigenvalue weighted by Crippen LogP contribution is -2.48. The number of aryl methyl sites for hydroxylation is 2. The van der Waals surface area contributed by atoms with Gasteiger partial charge in [0.05, 0.1) is 12.2 Å². The van der Waals surface area contributed by atoms with E-state index in [0.29, 0.717) is 57.1 Å². The minimum Gasteiger partial charge on any atom is -0.395 e. The molecule has 0 bridgehead atoms. The molecule has 0 unspecified atom stereocenters. The van der Waals surface area contributed by atoms with Crippen molar-refractivity contribution in [3.05, 3.63) is 40.6 Å².